The maximum Gasteiger partial charge on any atom is 0.355 e. The number of carboxylic acid groups (broad SMARTS) is 1. The predicted molar refractivity (Wildman–Crippen MR) is 69.3 cm³/mol. The molecule has 2 aromatic heterocycles. The maximum atomic E-state index is 12.8. The van der Waals surface area contributed by atoms with Crippen LogP contribution in [0.4, 0.5) is 4.39 Å². The number of aromatic nitrogens is 2. The summed E-state index contributed by atoms with van der Waals surface area (Å²) in [5, 5.41) is 13.4. The second-order valence-corrected chi connectivity index (χ2v) is 4.75. The van der Waals surface area contributed by atoms with E-state index in [4.69, 9.17) is 5.11 Å². The lowest BCUT2D eigenvalue weighted by Gasteiger charge is -2.03. The van der Waals surface area contributed by atoms with E-state index in [-0.39, 0.29) is 17.8 Å². The molecule has 2 N–H and O–H groups in total. The van der Waals surface area contributed by atoms with Crippen LogP contribution in [0.15, 0.2) is 23.7 Å². The molecule has 0 spiro atoms. The number of carbonyl (C=O) groups is 2. The number of thiazole rings is 1. The van der Waals surface area contributed by atoms with Gasteiger partial charge < -0.3 is 10.4 Å². The van der Waals surface area contributed by atoms with Crippen LogP contribution in [0.3, 0.4) is 0 Å². The average molecular weight is 295 g/mol. The standard InChI is InChI=1S/C12H10FN3O3S/c13-9-5-7(1-3-14-9)11(17)15-4-2-10-16-8(6-20-10)12(18)19/h1,3,5-6H,2,4H2,(H,15,17)(H,18,19). The number of pyridine rings is 1. The number of carboxylic acids is 1. The summed E-state index contributed by atoms with van der Waals surface area (Å²) in [6.07, 6.45) is 1.63. The summed E-state index contributed by atoms with van der Waals surface area (Å²) in [6.45, 7) is 0.287. The van der Waals surface area contributed by atoms with Crippen molar-refractivity contribution in [1.29, 1.82) is 0 Å². The van der Waals surface area contributed by atoms with Gasteiger partial charge in [0.25, 0.3) is 5.91 Å². The van der Waals surface area contributed by atoms with Crippen LogP contribution >= 0.6 is 11.3 Å². The molecule has 0 radical (unpaired) electrons. The molecule has 2 rings (SSSR count). The van der Waals surface area contributed by atoms with Crippen LogP contribution in [0.2, 0.25) is 0 Å². The minimum absolute atomic E-state index is 0.00692. The van der Waals surface area contributed by atoms with Crippen molar-refractivity contribution in [2.75, 3.05) is 6.54 Å². The topological polar surface area (TPSA) is 92.2 Å². The van der Waals surface area contributed by atoms with Crippen LogP contribution in [0.5, 0.6) is 0 Å². The van der Waals surface area contributed by atoms with E-state index in [9.17, 15) is 14.0 Å². The first-order chi connectivity index (χ1) is 9.56. The van der Waals surface area contributed by atoms with E-state index in [0.717, 1.165) is 6.07 Å². The van der Waals surface area contributed by atoms with Crippen molar-refractivity contribution in [2.45, 2.75) is 6.42 Å². The molecule has 20 heavy (non-hydrogen) atoms. The second-order valence-electron chi connectivity index (χ2n) is 3.80. The van der Waals surface area contributed by atoms with Crippen molar-refractivity contribution in [2.24, 2.45) is 0 Å². The van der Waals surface area contributed by atoms with E-state index < -0.39 is 17.8 Å². The average Bonchev–Trinajstić information content (AvgIpc) is 2.87. The SMILES string of the molecule is O=C(NCCc1nc(C(=O)O)cs1)c1ccnc(F)c1. The number of aromatic carboxylic acids is 1. The molecular weight excluding hydrogens is 285 g/mol. The van der Waals surface area contributed by atoms with Gasteiger partial charge in [0.15, 0.2) is 5.69 Å². The lowest BCUT2D eigenvalue weighted by molar-refractivity contribution is 0.0690. The van der Waals surface area contributed by atoms with Gasteiger partial charge >= 0.3 is 5.97 Å². The first kappa shape index (κ1) is 14.1. The van der Waals surface area contributed by atoms with Crippen LogP contribution in [-0.2, 0) is 6.42 Å². The molecule has 0 aromatic carbocycles. The Morgan fingerprint density at radius 2 is 2.25 bits per heavy atom. The molecule has 8 heteroatoms. The summed E-state index contributed by atoms with van der Waals surface area (Å²) >= 11 is 1.21. The summed E-state index contributed by atoms with van der Waals surface area (Å²) in [5.41, 5.74) is 0.176. The summed E-state index contributed by atoms with van der Waals surface area (Å²) in [4.78, 5) is 29.6. The van der Waals surface area contributed by atoms with Crippen molar-refractivity contribution < 1.29 is 19.1 Å². The molecule has 0 aliphatic carbocycles. The molecule has 2 aromatic rings. The summed E-state index contributed by atoms with van der Waals surface area (Å²) in [6, 6.07) is 2.45. The molecule has 0 bridgehead atoms. The molecule has 0 fully saturated rings. The number of hydrogen-bond acceptors (Lipinski definition) is 5. The summed E-state index contributed by atoms with van der Waals surface area (Å²) in [5.74, 6) is -2.21. The van der Waals surface area contributed by atoms with E-state index in [1.165, 1.54) is 29.0 Å². The third-order valence-electron chi connectivity index (χ3n) is 2.38. The highest BCUT2D eigenvalue weighted by atomic mass is 32.1. The zero-order valence-corrected chi connectivity index (χ0v) is 11.0. The molecule has 1 amide bonds. The lowest BCUT2D eigenvalue weighted by atomic mass is 10.2. The fraction of sp³-hybridized carbons (Fsp3) is 0.167. The van der Waals surface area contributed by atoms with Crippen molar-refractivity contribution >= 4 is 23.2 Å². The van der Waals surface area contributed by atoms with Gasteiger partial charge in [-0.2, -0.15) is 4.39 Å². The number of amides is 1. The Kier molecular flexibility index (Phi) is 4.36. The normalized spacial score (nSPS) is 10.2. The predicted octanol–water partition coefficient (Wildman–Crippen LogP) is 1.35. The number of carbonyl (C=O) groups excluding carboxylic acids is 1. The minimum atomic E-state index is -1.08. The first-order valence-electron chi connectivity index (χ1n) is 5.63. The Labute approximate surface area is 117 Å². The molecule has 2 heterocycles. The van der Waals surface area contributed by atoms with Gasteiger partial charge in [-0.1, -0.05) is 0 Å². The van der Waals surface area contributed by atoms with Crippen LogP contribution in [0, 0.1) is 5.95 Å². The van der Waals surface area contributed by atoms with Crippen LogP contribution in [0.25, 0.3) is 0 Å². The molecule has 0 saturated heterocycles. The van der Waals surface area contributed by atoms with E-state index in [2.05, 4.69) is 15.3 Å². The first-order valence-corrected chi connectivity index (χ1v) is 6.51. The third kappa shape index (κ3) is 3.58. The Bertz CT molecular complexity index is 644. The Balaban J connectivity index is 1.86. The number of nitrogens with zero attached hydrogens (tertiary/aromatic N) is 2. The van der Waals surface area contributed by atoms with E-state index in [1.54, 1.807) is 0 Å². The number of halogens is 1. The molecule has 0 saturated carbocycles. The third-order valence-corrected chi connectivity index (χ3v) is 3.29. The smallest absolute Gasteiger partial charge is 0.355 e. The molecule has 6 nitrogen and oxygen atoms in total. The van der Waals surface area contributed by atoms with E-state index in [1.807, 2.05) is 0 Å². The van der Waals surface area contributed by atoms with Gasteiger partial charge in [0.1, 0.15) is 0 Å². The Hall–Kier alpha value is -2.35. The van der Waals surface area contributed by atoms with Gasteiger partial charge in [-0.05, 0) is 6.07 Å². The van der Waals surface area contributed by atoms with Crippen molar-refractivity contribution in [3.63, 3.8) is 0 Å². The van der Waals surface area contributed by atoms with Gasteiger partial charge in [-0.25, -0.2) is 14.8 Å². The second kappa shape index (κ2) is 6.20. The van der Waals surface area contributed by atoms with Crippen LogP contribution < -0.4 is 5.32 Å². The zero-order valence-electron chi connectivity index (χ0n) is 10.2. The van der Waals surface area contributed by atoms with Gasteiger partial charge in [0.2, 0.25) is 5.95 Å². The molecule has 0 atom stereocenters. The molecular formula is C12H10FN3O3S. The van der Waals surface area contributed by atoms with Gasteiger partial charge in [0.05, 0.1) is 5.01 Å². The summed E-state index contributed by atoms with van der Waals surface area (Å²) < 4.78 is 12.8. The largest absolute Gasteiger partial charge is 0.476 e. The Morgan fingerprint density at radius 3 is 2.90 bits per heavy atom. The molecule has 0 unspecified atom stereocenters. The zero-order chi connectivity index (χ0) is 14.5. The number of rotatable bonds is 5. The highest BCUT2D eigenvalue weighted by Gasteiger charge is 2.10. The lowest BCUT2D eigenvalue weighted by Crippen LogP contribution is -2.25. The summed E-state index contributed by atoms with van der Waals surface area (Å²) in [7, 11) is 0. The maximum absolute atomic E-state index is 12.8. The van der Waals surface area contributed by atoms with Gasteiger partial charge in [-0.15, -0.1) is 11.3 Å². The monoisotopic (exact) mass is 295 g/mol. The number of hydrogen-bond donors (Lipinski definition) is 2. The van der Waals surface area contributed by atoms with Crippen molar-refractivity contribution in [3.8, 4) is 0 Å². The van der Waals surface area contributed by atoms with Crippen LogP contribution in [-0.4, -0.2) is 33.5 Å². The van der Waals surface area contributed by atoms with Crippen LogP contribution in [0.1, 0.15) is 25.9 Å². The van der Waals surface area contributed by atoms with E-state index in [0.29, 0.717) is 11.4 Å². The fourth-order valence-corrected chi connectivity index (χ4v) is 2.22. The molecule has 0 aliphatic rings. The quantitative estimate of drug-likeness (QED) is 0.812. The minimum Gasteiger partial charge on any atom is -0.476 e. The fourth-order valence-electron chi connectivity index (χ4n) is 1.45. The van der Waals surface area contributed by atoms with E-state index >= 15 is 0 Å². The molecule has 104 valence electrons. The van der Waals surface area contributed by atoms with Crippen molar-refractivity contribution in [1.82, 2.24) is 15.3 Å². The highest BCUT2D eigenvalue weighted by Crippen LogP contribution is 2.10. The molecule has 0 aliphatic heterocycles. The Morgan fingerprint density at radius 1 is 1.45 bits per heavy atom. The van der Waals surface area contributed by atoms with Gasteiger partial charge in [-0.3, -0.25) is 4.79 Å². The van der Waals surface area contributed by atoms with Crippen molar-refractivity contribution in [3.05, 3.63) is 45.9 Å². The van der Waals surface area contributed by atoms with Gasteiger partial charge in [0, 0.05) is 36.2 Å². The highest BCUT2D eigenvalue weighted by molar-refractivity contribution is 7.09. The number of nitrogens with one attached hydrogen (secondary N) is 1.